The van der Waals surface area contributed by atoms with E-state index in [4.69, 9.17) is 9.84 Å². The molecule has 1 aromatic rings. The number of fused-ring (bicyclic) bond motifs is 1. The monoisotopic (exact) mass is 306 g/mol. The Morgan fingerprint density at radius 2 is 2.05 bits per heavy atom. The van der Waals surface area contributed by atoms with Gasteiger partial charge in [-0.3, -0.25) is 14.6 Å². The summed E-state index contributed by atoms with van der Waals surface area (Å²) in [5.41, 5.74) is 2.46. The molecule has 1 fully saturated rings. The van der Waals surface area contributed by atoms with Crippen molar-refractivity contribution in [2.75, 3.05) is 39.3 Å². The quantitative estimate of drug-likeness (QED) is 0.827. The number of benzene rings is 1. The first-order valence-corrected chi connectivity index (χ1v) is 7.69. The summed E-state index contributed by atoms with van der Waals surface area (Å²) in [4.78, 5) is 14.8. The predicted octanol–water partition coefficient (Wildman–Crippen LogP) is 0.185. The Morgan fingerprint density at radius 1 is 1.27 bits per heavy atom. The minimum absolute atomic E-state index is 0.0128. The topological polar surface area (TPSA) is 73.2 Å². The Balaban J connectivity index is 1.61. The van der Waals surface area contributed by atoms with Crippen LogP contribution in [0.5, 0.6) is 5.75 Å². The first kappa shape index (κ1) is 15.3. The fourth-order valence-electron chi connectivity index (χ4n) is 3.19. The number of aliphatic carboxylic acids is 1. The molecule has 22 heavy (non-hydrogen) atoms. The van der Waals surface area contributed by atoms with Crippen LogP contribution in [0.15, 0.2) is 18.2 Å². The highest BCUT2D eigenvalue weighted by atomic mass is 16.5. The van der Waals surface area contributed by atoms with Crippen LogP contribution in [0.1, 0.15) is 11.1 Å². The number of nitrogens with zero attached hydrogens (tertiary/aromatic N) is 2. The third kappa shape index (κ3) is 3.76. The molecule has 0 unspecified atom stereocenters. The van der Waals surface area contributed by atoms with Crippen molar-refractivity contribution < 1.29 is 19.7 Å². The number of ether oxygens (including phenoxy) is 1. The van der Waals surface area contributed by atoms with Crippen molar-refractivity contribution >= 4 is 5.97 Å². The normalized spacial score (nSPS) is 22.9. The number of carboxylic acid groups (broad SMARTS) is 1. The zero-order valence-corrected chi connectivity index (χ0v) is 12.6. The zero-order chi connectivity index (χ0) is 15.5. The molecule has 1 aromatic carbocycles. The molecular formula is C16H22N2O4. The van der Waals surface area contributed by atoms with Crippen molar-refractivity contribution in [3.8, 4) is 5.75 Å². The molecule has 6 nitrogen and oxygen atoms in total. The molecule has 0 amide bonds. The Bertz CT molecular complexity index is 549. The number of hydrogen-bond donors (Lipinski definition) is 2. The van der Waals surface area contributed by atoms with Crippen molar-refractivity contribution in [2.45, 2.75) is 19.1 Å². The summed E-state index contributed by atoms with van der Waals surface area (Å²) >= 11 is 0. The van der Waals surface area contributed by atoms with Gasteiger partial charge in [0.25, 0.3) is 0 Å². The van der Waals surface area contributed by atoms with Crippen molar-refractivity contribution in [3.63, 3.8) is 0 Å². The average molecular weight is 306 g/mol. The lowest BCUT2D eigenvalue weighted by Gasteiger charge is -2.21. The van der Waals surface area contributed by atoms with E-state index < -0.39 is 12.1 Å². The molecule has 0 spiro atoms. The number of β-amino-alcohol motifs (C(OH)–C–C–N with tert-alkyl or cyclic N) is 1. The molecule has 0 aromatic heterocycles. The van der Waals surface area contributed by atoms with E-state index in [0.29, 0.717) is 19.6 Å². The maximum Gasteiger partial charge on any atom is 0.317 e. The van der Waals surface area contributed by atoms with E-state index in [1.54, 1.807) is 4.90 Å². The first-order valence-electron chi connectivity index (χ1n) is 7.69. The molecule has 3 rings (SSSR count). The number of aliphatic hydroxyl groups is 1. The van der Waals surface area contributed by atoms with E-state index >= 15 is 0 Å². The van der Waals surface area contributed by atoms with E-state index in [-0.39, 0.29) is 6.54 Å². The van der Waals surface area contributed by atoms with Crippen LogP contribution in [0.4, 0.5) is 0 Å². The Kier molecular flexibility index (Phi) is 4.61. The third-order valence-corrected chi connectivity index (χ3v) is 4.19. The summed E-state index contributed by atoms with van der Waals surface area (Å²) in [6.07, 6.45) is 0.442. The smallest absolute Gasteiger partial charge is 0.317 e. The molecule has 2 aliphatic heterocycles. The van der Waals surface area contributed by atoms with Crippen molar-refractivity contribution in [1.29, 1.82) is 0 Å². The minimum Gasteiger partial charge on any atom is -0.493 e. The molecule has 6 heteroatoms. The molecule has 120 valence electrons. The highest BCUT2D eigenvalue weighted by molar-refractivity contribution is 5.69. The fourth-order valence-corrected chi connectivity index (χ4v) is 3.19. The number of rotatable bonds is 4. The van der Waals surface area contributed by atoms with Gasteiger partial charge in [0.2, 0.25) is 0 Å². The van der Waals surface area contributed by atoms with Crippen LogP contribution in [0.3, 0.4) is 0 Å². The number of carbonyl (C=O) groups is 1. The van der Waals surface area contributed by atoms with Gasteiger partial charge >= 0.3 is 5.97 Å². The molecule has 2 heterocycles. The molecule has 1 atom stereocenters. The maximum absolute atomic E-state index is 10.8. The van der Waals surface area contributed by atoms with Crippen LogP contribution < -0.4 is 4.74 Å². The Labute approximate surface area is 129 Å². The molecule has 0 bridgehead atoms. The predicted molar refractivity (Wildman–Crippen MR) is 81.0 cm³/mol. The van der Waals surface area contributed by atoms with Gasteiger partial charge in [-0.1, -0.05) is 12.1 Å². The lowest BCUT2D eigenvalue weighted by Crippen LogP contribution is -2.36. The number of aliphatic hydroxyl groups excluding tert-OH is 1. The second-order valence-corrected chi connectivity index (χ2v) is 6.06. The standard InChI is InChI=1S/C16H22N2O4/c19-14-9-17(4-5-18(10-14)11-16(20)21)8-12-1-2-15-13(7-12)3-6-22-15/h1-2,7,14,19H,3-6,8-11H2,(H,20,21)/t14-/m1/s1. The largest absolute Gasteiger partial charge is 0.493 e. The molecular weight excluding hydrogens is 284 g/mol. The van der Waals surface area contributed by atoms with E-state index in [0.717, 1.165) is 31.9 Å². The third-order valence-electron chi connectivity index (χ3n) is 4.19. The molecule has 2 N–H and O–H groups in total. The van der Waals surface area contributed by atoms with E-state index in [1.807, 2.05) is 6.07 Å². The lowest BCUT2D eigenvalue weighted by molar-refractivity contribution is -0.138. The van der Waals surface area contributed by atoms with Crippen LogP contribution >= 0.6 is 0 Å². The number of carboxylic acids is 1. The summed E-state index contributed by atoms with van der Waals surface area (Å²) < 4.78 is 5.52. The van der Waals surface area contributed by atoms with Crippen LogP contribution in [-0.2, 0) is 17.8 Å². The fraction of sp³-hybridized carbons (Fsp3) is 0.562. The van der Waals surface area contributed by atoms with Gasteiger partial charge in [-0.25, -0.2) is 0 Å². The molecule has 1 saturated heterocycles. The molecule has 0 saturated carbocycles. The zero-order valence-electron chi connectivity index (χ0n) is 12.6. The summed E-state index contributed by atoms with van der Waals surface area (Å²) in [7, 11) is 0. The van der Waals surface area contributed by atoms with E-state index in [2.05, 4.69) is 17.0 Å². The van der Waals surface area contributed by atoms with Crippen LogP contribution in [0.2, 0.25) is 0 Å². The minimum atomic E-state index is -0.848. The van der Waals surface area contributed by atoms with Crippen molar-refractivity contribution in [2.24, 2.45) is 0 Å². The second kappa shape index (κ2) is 6.64. The van der Waals surface area contributed by atoms with Gasteiger partial charge in [0.15, 0.2) is 0 Å². The Morgan fingerprint density at radius 3 is 2.86 bits per heavy atom. The highest BCUT2D eigenvalue weighted by Crippen LogP contribution is 2.26. The second-order valence-electron chi connectivity index (χ2n) is 6.06. The van der Waals surface area contributed by atoms with Gasteiger partial charge in [0, 0.05) is 39.1 Å². The van der Waals surface area contributed by atoms with Crippen LogP contribution in [0.25, 0.3) is 0 Å². The van der Waals surface area contributed by atoms with Gasteiger partial charge in [-0.2, -0.15) is 0 Å². The lowest BCUT2D eigenvalue weighted by atomic mass is 10.1. The van der Waals surface area contributed by atoms with Gasteiger partial charge in [-0.15, -0.1) is 0 Å². The van der Waals surface area contributed by atoms with Crippen LogP contribution in [0, 0.1) is 0 Å². The van der Waals surface area contributed by atoms with E-state index in [9.17, 15) is 9.90 Å². The van der Waals surface area contributed by atoms with Gasteiger partial charge < -0.3 is 14.9 Å². The summed E-state index contributed by atoms with van der Waals surface area (Å²) in [5, 5.41) is 19.0. The summed E-state index contributed by atoms with van der Waals surface area (Å²) in [6, 6.07) is 6.26. The van der Waals surface area contributed by atoms with Crippen molar-refractivity contribution in [1.82, 2.24) is 9.80 Å². The average Bonchev–Trinajstić information content (AvgIpc) is 2.84. The number of hydrogen-bond acceptors (Lipinski definition) is 5. The van der Waals surface area contributed by atoms with Crippen molar-refractivity contribution in [3.05, 3.63) is 29.3 Å². The van der Waals surface area contributed by atoms with Crippen LogP contribution in [-0.4, -0.2) is 71.4 Å². The molecule has 0 radical (unpaired) electrons. The summed E-state index contributed by atoms with van der Waals surface area (Å²) in [6.45, 7) is 3.93. The van der Waals surface area contributed by atoms with Gasteiger partial charge in [0.05, 0.1) is 19.3 Å². The van der Waals surface area contributed by atoms with Gasteiger partial charge in [0.1, 0.15) is 5.75 Å². The summed E-state index contributed by atoms with van der Waals surface area (Å²) in [5.74, 6) is 0.131. The maximum atomic E-state index is 10.8. The molecule has 2 aliphatic rings. The first-order chi connectivity index (χ1) is 10.6. The Hall–Kier alpha value is -1.63. The van der Waals surface area contributed by atoms with E-state index in [1.165, 1.54) is 11.1 Å². The van der Waals surface area contributed by atoms with Gasteiger partial charge in [-0.05, 0) is 17.2 Å². The molecule has 0 aliphatic carbocycles. The SMILES string of the molecule is O=C(O)CN1CCN(Cc2ccc3c(c2)CCO3)C[C@@H](O)C1. The highest BCUT2D eigenvalue weighted by Gasteiger charge is 2.23.